The molecule has 0 aromatic carbocycles. The number of aromatic nitrogens is 1. The molecule has 1 N–H and O–H groups in total. The van der Waals surface area contributed by atoms with Gasteiger partial charge in [-0.15, -0.1) is 6.58 Å². The van der Waals surface area contributed by atoms with E-state index in [2.05, 4.69) is 27.5 Å². The smallest absolute Gasteiger partial charge is 0.114 e. The van der Waals surface area contributed by atoms with Gasteiger partial charge in [0, 0.05) is 0 Å². The minimum Gasteiger partial charge on any atom is -0.383 e. The Morgan fingerprint density at radius 3 is 2.91 bits per heavy atom. The predicted octanol–water partition coefficient (Wildman–Crippen LogP) is 2.06. The lowest BCUT2D eigenvalue weighted by Gasteiger charge is -2.03. The Labute approximate surface area is 73.7 Å². The second kappa shape index (κ2) is 3.64. The molecule has 0 spiro atoms. The quantitative estimate of drug-likeness (QED) is 0.603. The monoisotopic (exact) mass is 213 g/mol. The van der Waals surface area contributed by atoms with Crippen molar-refractivity contribution in [3.63, 3.8) is 0 Å². The lowest BCUT2D eigenvalue weighted by molar-refractivity contribution is 0.224. The Balaban J connectivity index is 2.95. The lowest BCUT2D eigenvalue weighted by Crippen LogP contribution is -1.95. The van der Waals surface area contributed by atoms with Crippen LogP contribution in [0, 0.1) is 0 Å². The van der Waals surface area contributed by atoms with Gasteiger partial charge in [-0.1, -0.05) is 12.1 Å². The molecule has 2 nitrogen and oxygen atoms in total. The van der Waals surface area contributed by atoms with Crippen molar-refractivity contribution in [1.82, 2.24) is 4.98 Å². The summed E-state index contributed by atoms with van der Waals surface area (Å²) in [6.45, 7) is 3.46. The summed E-state index contributed by atoms with van der Waals surface area (Å²) >= 11 is 3.20. The van der Waals surface area contributed by atoms with E-state index in [0.29, 0.717) is 5.69 Å². The summed E-state index contributed by atoms with van der Waals surface area (Å²) in [4.78, 5) is 4.04. The van der Waals surface area contributed by atoms with Crippen molar-refractivity contribution in [2.45, 2.75) is 6.10 Å². The van der Waals surface area contributed by atoms with Gasteiger partial charge in [-0.05, 0) is 28.1 Å². The molecular formula is C8H8BrNO. The summed E-state index contributed by atoms with van der Waals surface area (Å²) in [5.41, 5.74) is 0.606. The van der Waals surface area contributed by atoms with Crippen LogP contribution in [0.2, 0.25) is 0 Å². The third-order valence-corrected chi connectivity index (χ3v) is 1.70. The van der Waals surface area contributed by atoms with Crippen LogP contribution in [0.15, 0.2) is 35.5 Å². The molecule has 1 aromatic rings. The van der Waals surface area contributed by atoms with Gasteiger partial charge in [0.1, 0.15) is 10.7 Å². The van der Waals surface area contributed by atoms with Crippen LogP contribution in [-0.4, -0.2) is 10.1 Å². The Morgan fingerprint density at radius 2 is 2.36 bits per heavy atom. The third kappa shape index (κ3) is 2.13. The molecule has 1 atom stereocenters. The molecule has 1 rings (SSSR count). The Bertz CT molecular complexity index is 262. The summed E-state index contributed by atoms with van der Waals surface area (Å²) < 4.78 is 0.718. The standard InChI is InChI=1S/C8H8BrNO/c1-2-7(11)6-4-3-5-8(9)10-6/h2-5,7,11H,1H2/t7-/m0/s1. The second-order valence-corrected chi connectivity index (χ2v) is 2.88. The van der Waals surface area contributed by atoms with Crippen molar-refractivity contribution < 1.29 is 5.11 Å². The van der Waals surface area contributed by atoms with Crippen LogP contribution >= 0.6 is 15.9 Å². The summed E-state index contributed by atoms with van der Waals surface area (Å²) in [7, 11) is 0. The second-order valence-electron chi connectivity index (χ2n) is 2.07. The maximum atomic E-state index is 9.25. The Kier molecular flexibility index (Phi) is 2.79. The SMILES string of the molecule is C=C[C@H](O)c1cccc(Br)n1. The van der Waals surface area contributed by atoms with E-state index in [9.17, 15) is 5.11 Å². The maximum Gasteiger partial charge on any atom is 0.114 e. The number of aliphatic hydroxyl groups is 1. The van der Waals surface area contributed by atoms with Crippen LogP contribution in [0.5, 0.6) is 0 Å². The number of hydrogen-bond acceptors (Lipinski definition) is 2. The average Bonchev–Trinajstić information content (AvgIpc) is 2.03. The molecule has 0 saturated carbocycles. The number of aliphatic hydroxyl groups excluding tert-OH is 1. The van der Waals surface area contributed by atoms with Gasteiger partial charge in [0.05, 0.1) is 5.69 Å². The molecular weight excluding hydrogens is 206 g/mol. The maximum absolute atomic E-state index is 9.25. The van der Waals surface area contributed by atoms with Crippen LogP contribution in [0.1, 0.15) is 11.8 Å². The zero-order chi connectivity index (χ0) is 8.27. The van der Waals surface area contributed by atoms with Crippen molar-refractivity contribution >= 4 is 15.9 Å². The average molecular weight is 214 g/mol. The summed E-state index contributed by atoms with van der Waals surface area (Å²) in [6.07, 6.45) is 0.766. The molecule has 58 valence electrons. The fraction of sp³-hybridized carbons (Fsp3) is 0.125. The molecule has 0 bridgehead atoms. The van der Waals surface area contributed by atoms with Gasteiger partial charge in [-0.3, -0.25) is 0 Å². The van der Waals surface area contributed by atoms with Crippen molar-refractivity contribution in [2.24, 2.45) is 0 Å². The van der Waals surface area contributed by atoms with Crippen LogP contribution in [0.3, 0.4) is 0 Å². The first-order valence-corrected chi connectivity index (χ1v) is 3.96. The van der Waals surface area contributed by atoms with E-state index in [1.165, 1.54) is 6.08 Å². The molecule has 1 aromatic heterocycles. The molecule has 11 heavy (non-hydrogen) atoms. The normalized spacial score (nSPS) is 12.5. The van der Waals surface area contributed by atoms with Crippen LogP contribution in [0.4, 0.5) is 0 Å². The van der Waals surface area contributed by atoms with E-state index in [-0.39, 0.29) is 0 Å². The number of halogens is 1. The molecule has 1 heterocycles. The minimum absolute atomic E-state index is 0.606. The van der Waals surface area contributed by atoms with E-state index in [4.69, 9.17) is 0 Å². The van der Waals surface area contributed by atoms with Gasteiger partial charge in [0.2, 0.25) is 0 Å². The zero-order valence-electron chi connectivity index (χ0n) is 5.87. The van der Waals surface area contributed by atoms with Crippen molar-refractivity contribution in [3.8, 4) is 0 Å². The predicted molar refractivity (Wildman–Crippen MR) is 47.1 cm³/mol. The fourth-order valence-electron chi connectivity index (χ4n) is 0.709. The highest BCUT2D eigenvalue weighted by atomic mass is 79.9. The largest absolute Gasteiger partial charge is 0.383 e. The van der Waals surface area contributed by atoms with Gasteiger partial charge >= 0.3 is 0 Å². The van der Waals surface area contributed by atoms with Gasteiger partial charge < -0.3 is 5.11 Å². The van der Waals surface area contributed by atoms with Crippen LogP contribution in [-0.2, 0) is 0 Å². The first kappa shape index (κ1) is 8.43. The van der Waals surface area contributed by atoms with Crippen molar-refractivity contribution in [2.75, 3.05) is 0 Å². The van der Waals surface area contributed by atoms with Gasteiger partial charge in [0.25, 0.3) is 0 Å². The number of pyridine rings is 1. The van der Waals surface area contributed by atoms with E-state index in [0.717, 1.165) is 4.60 Å². The summed E-state index contributed by atoms with van der Waals surface area (Å²) in [6, 6.07) is 5.37. The van der Waals surface area contributed by atoms with E-state index < -0.39 is 6.10 Å². The zero-order valence-corrected chi connectivity index (χ0v) is 7.45. The fourth-order valence-corrected chi connectivity index (χ4v) is 1.07. The van der Waals surface area contributed by atoms with Gasteiger partial charge in [-0.2, -0.15) is 0 Å². The molecule has 3 heteroatoms. The molecule has 0 saturated heterocycles. The molecule has 0 radical (unpaired) electrons. The third-order valence-electron chi connectivity index (χ3n) is 1.26. The van der Waals surface area contributed by atoms with Crippen LogP contribution in [0.25, 0.3) is 0 Å². The topological polar surface area (TPSA) is 33.1 Å². The highest BCUT2D eigenvalue weighted by Crippen LogP contribution is 2.13. The van der Waals surface area contributed by atoms with Gasteiger partial charge in [0.15, 0.2) is 0 Å². The van der Waals surface area contributed by atoms with Crippen LogP contribution < -0.4 is 0 Å². The molecule has 0 aliphatic heterocycles. The highest BCUT2D eigenvalue weighted by Gasteiger charge is 2.02. The van der Waals surface area contributed by atoms with Gasteiger partial charge in [-0.25, -0.2) is 4.98 Å². The Morgan fingerprint density at radius 1 is 1.64 bits per heavy atom. The molecule has 0 aliphatic rings. The summed E-state index contributed by atoms with van der Waals surface area (Å²) in [5.74, 6) is 0. The Hall–Kier alpha value is -0.670. The molecule has 0 amide bonds. The van der Waals surface area contributed by atoms with E-state index in [1.54, 1.807) is 12.1 Å². The van der Waals surface area contributed by atoms with Crippen molar-refractivity contribution in [3.05, 3.63) is 41.2 Å². The first-order valence-electron chi connectivity index (χ1n) is 3.17. The molecule has 0 unspecified atom stereocenters. The van der Waals surface area contributed by atoms with E-state index >= 15 is 0 Å². The molecule has 0 fully saturated rings. The highest BCUT2D eigenvalue weighted by molar-refractivity contribution is 9.10. The number of rotatable bonds is 2. The lowest BCUT2D eigenvalue weighted by atomic mass is 10.2. The molecule has 0 aliphatic carbocycles. The number of nitrogens with zero attached hydrogens (tertiary/aromatic N) is 1. The summed E-state index contributed by atoms with van der Waals surface area (Å²) in [5, 5.41) is 9.25. The number of hydrogen-bond donors (Lipinski definition) is 1. The van der Waals surface area contributed by atoms with Crippen molar-refractivity contribution in [1.29, 1.82) is 0 Å². The van der Waals surface area contributed by atoms with E-state index in [1.807, 2.05) is 6.07 Å². The minimum atomic E-state index is -0.674. The first-order chi connectivity index (χ1) is 5.24.